The molecular formula is C19H25F3N4O2. The number of halogens is 3. The Kier molecular flexibility index (Phi) is 7.45. The van der Waals surface area contributed by atoms with E-state index in [9.17, 15) is 18.0 Å². The average Bonchev–Trinajstić information content (AvgIpc) is 3.12. The van der Waals surface area contributed by atoms with Gasteiger partial charge in [0.05, 0.1) is 31.0 Å². The summed E-state index contributed by atoms with van der Waals surface area (Å²) >= 11 is 0. The van der Waals surface area contributed by atoms with E-state index in [2.05, 4.69) is 10.4 Å². The predicted molar refractivity (Wildman–Crippen MR) is 98.6 cm³/mol. The van der Waals surface area contributed by atoms with E-state index in [0.29, 0.717) is 19.7 Å². The minimum atomic E-state index is -4.49. The molecule has 0 aliphatic carbocycles. The van der Waals surface area contributed by atoms with Gasteiger partial charge in [0.15, 0.2) is 0 Å². The van der Waals surface area contributed by atoms with Crippen LogP contribution < -0.4 is 5.32 Å². The van der Waals surface area contributed by atoms with E-state index in [-0.39, 0.29) is 12.1 Å². The molecule has 1 aromatic heterocycles. The molecule has 2 amide bonds. The van der Waals surface area contributed by atoms with Crippen molar-refractivity contribution in [2.75, 3.05) is 20.3 Å². The molecule has 1 atom stereocenters. The Bertz CT molecular complexity index is 777. The Hall–Kier alpha value is -2.55. The molecule has 0 spiro atoms. The standard InChI is InChI=1S/C19H25F3N4O2/c1-4-26-13-15(11-23-26)12-25(9-10-28-3)18(27)24-14(2)16-7-5-6-8-17(16)19(20,21)22/h5-8,11,13-14H,4,9-10,12H2,1-3H3,(H,24,27). The van der Waals surface area contributed by atoms with E-state index < -0.39 is 23.8 Å². The van der Waals surface area contributed by atoms with Crippen molar-refractivity contribution in [3.05, 3.63) is 53.3 Å². The van der Waals surface area contributed by atoms with Crippen LogP contribution in [0.3, 0.4) is 0 Å². The predicted octanol–water partition coefficient (Wildman–Crippen LogP) is 3.84. The molecule has 2 aromatic rings. The second-order valence-electron chi connectivity index (χ2n) is 6.37. The Morgan fingerprint density at radius 3 is 2.68 bits per heavy atom. The Balaban J connectivity index is 2.14. The number of carbonyl (C=O) groups is 1. The van der Waals surface area contributed by atoms with Crippen LogP contribution in [0.5, 0.6) is 0 Å². The first-order chi connectivity index (χ1) is 13.3. The van der Waals surface area contributed by atoms with Crippen LogP contribution in [0.15, 0.2) is 36.7 Å². The highest BCUT2D eigenvalue weighted by Crippen LogP contribution is 2.34. The van der Waals surface area contributed by atoms with Crippen LogP contribution in [0.1, 0.15) is 36.6 Å². The third-order valence-electron chi connectivity index (χ3n) is 4.31. The highest BCUT2D eigenvalue weighted by molar-refractivity contribution is 5.74. The lowest BCUT2D eigenvalue weighted by Gasteiger charge is -2.26. The van der Waals surface area contributed by atoms with E-state index in [0.717, 1.165) is 11.6 Å². The number of amides is 2. The number of aromatic nitrogens is 2. The van der Waals surface area contributed by atoms with Crippen molar-refractivity contribution >= 4 is 6.03 Å². The molecule has 9 heteroatoms. The highest BCUT2D eigenvalue weighted by atomic mass is 19.4. The molecule has 0 aliphatic rings. The summed E-state index contributed by atoms with van der Waals surface area (Å²) in [7, 11) is 1.52. The topological polar surface area (TPSA) is 59.4 Å². The van der Waals surface area contributed by atoms with E-state index in [1.807, 2.05) is 13.1 Å². The number of alkyl halides is 3. The second kappa shape index (κ2) is 9.59. The molecule has 1 unspecified atom stereocenters. The lowest BCUT2D eigenvalue weighted by Crippen LogP contribution is -2.42. The molecule has 0 radical (unpaired) electrons. The SMILES string of the molecule is CCn1cc(CN(CCOC)C(=O)NC(C)c2ccccc2C(F)(F)F)cn1. The monoisotopic (exact) mass is 398 g/mol. The summed E-state index contributed by atoms with van der Waals surface area (Å²) in [5.74, 6) is 0. The number of rotatable bonds is 8. The van der Waals surface area contributed by atoms with E-state index in [4.69, 9.17) is 4.74 Å². The van der Waals surface area contributed by atoms with Crippen molar-refractivity contribution in [1.82, 2.24) is 20.0 Å². The van der Waals surface area contributed by atoms with Gasteiger partial charge in [-0.1, -0.05) is 18.2 Å². The van der Waals surface area contributed by atoms with Crippen molar-refractivity contribution in [3.8, 4) is 0 Å². The molecule has 1 N–H and O–H groups in total. The first-order valence-corrected chi connectivity index (χ1v) is 8.98. The summed E-state index contributed by atoms with van der Waals surface area (Å²) < 4.78 is 46.5. The van der Waals surface area contributed by atoms with Gasteiger partial charge in [-0.2, -0.15) is 18.3 Å². The fourth-order valence-electron chi connectivity index (χ4n) is 2.82. The Morgan fingerprint density at radius 1 is 1.36 bits per heavy atom. The van der Waals surface area contributed by atoms with Crippen molar-refractivity contribution in [2.45, 2.75) is 39.2 Å². The minimum absolute atomic E-state index is 0.0221. The van der Waals surface area contributed by atoms with Crippen LogP contribution in [-0.2, 0) is 24.0 Å². The fraction of sp³-hybridized carbons (Fsp3) is 0.474. The number of benzene rings is 1. The number of aryl methyl sites for hydroxylation is 1. The Labute approximate surface area is 162 Å². The van der Waals surface area contributed by atoms with Gasteiger partial charge < -0.3 is 15.0 Å². The largest absolute Gasteiger partial charge is 0.416 e. The van der Waals surface area contributed by atoms with Crippen molar-refractivity contribution in [3.63, 3.8) is 0 Å². The van der Waals surface area contributed by atoms with Crippen LogP contribution in [0.2, 0.25) is 0 Å². The van der Waals surface area contributed by atoms with Gasteiger partial charge >= 0.3 is 12.2 Å². The zero-order valence-electron chi connectivity index (χ0n) is 16.2. The zero-order chi connectivity index (χ0) is 20.7. The number of hydrogen-bond acceptors (Lipinski definition) is 3. The first-order valence-electron chi connectivity index (χ1n) is 8.98. The summed E-state index contributed by atoms with van der Waals surface area (Å²) in [6.07, 6.45) is -0.992. The molecular weight excluding hydrogens is 373 g/mol. The second-order valence-corrected chi connectivity index (χ2v) is 6.37. The molecule has 2 rings (SSSR count). The van der Waals surface area contributed by atoms with Crippen molar-refractivity contribution in [1.29, 1.82) is 0 Å². The van der Waals surface area contributed by atoms with Crippen molar-refractivity contribution in [2.24, 2.45) is 0 Å². The highest BCUT2D eigenvalue weighted by Gasteiger charge is 2.34. The summed E-state index contributed by atoms with van der Waals surface area (Å²) in [5, 5.41) is 6.84. The number of urea groups is 1. The molecule has 1 aromatic carbocycles. The quantitative estimate of drug-likeness (QED) is 0.735. The van der Waals surface area contributed by atoms with Gasteiger partial charge in [0.25, 0.3) is 0 Å². The van der Waals surface area contributed by atoms with Crippen LogP contribution >= 0.6 is 0 Å². The maximum atomic E-state index is 13.2. The number of carbonyl (C=O) groups excluding carboxylic acids is 1. The van der Waals surface area contributed by atoms with Crippen molar-refractivity contribution < 1.29 is 22.7 Å². The summed E-state index contributed by atoms with van der Waals surface area (Å²) in [5.41, 5.74) is 0.0979. The van der Waals surface area contributed by atoms with Crippen LogP contribution in [0.4, 0.5) is 18.0 Å². The van der Waals surface area contributed by atoms with Crippen LogP contribution in [-0.4, -0.2) is 41.0 Å². The number of ether oxygens (including phenoxy) is 1. The number of nitrogens with one attached hydrogen (secondary N) is 1. The minimum Gasteiger partial charge on any atom is -0.383 e. The molecule has 6 nitrogen and oxygen atoms in total. The summed E-state index contributed by atoms with van der Waals surface area (Å²) in [6, 6.07) is 3.96. The van der Waals surface area contributed by atoms with Crippen LogP contribution in [0, 0.1) is 0 Å². The van der Waals surface area contributed by atoms with Gasteiger partial charge in [-0.25, -0.2) is 4.79 Å². The third kappa shape index (κ3) is 5.72. The van der Waals surface area contributed by atoms with Gasteiger partial charge in [-0.05, 0) is 25.5 Å². The molecule has 0 fully saturated rings. The van der Waals surface area contributed by atoms with E-state index in [1.54, 1.807) is 10.9 Å². The molecule has 154 valence electrons. The number of hydrogen-bond donors (Lipinski definition) is 1. The maximum absolute atomic E-state index is 13.2. The smallest absolute Gasteiger partial charge is 0.383 e. The summed E-state index contributed by atoms with van der Waals surface area (Å²) in [6.45, 7) is 5.08. The molecule has 28 heavy (non-hydrogen) atoms. The Morgan fingerprint density at radius 2 is 2.07 bits per heavy atom. The van der Waals surface area contributed by atoms with Gasteiger partial charge in [0, 0.05) is 32.0 Å². The normalized spacial score (nSPS) is 12.6. The van der Waals surface area contributed by atoms with Gasteiger partial charge in [0.2, 0.25) is 0 Å². The number of methoxy groups -OCH3 is 1. The summed E-state index contributed by atoms with van der Waals surface area (Å²) in [4.78, 5) is 14.2. The lowest BCUT2D eigenvalue weighted by molar-refractivity contribution is -0.138. The van der Waals surface area contributed by atoms with E-state index in [1.165, 1.54) is 37.1 Å². The maximum Gasteiger partial charge on any atom is 0.416 e. The van der Waals surface area contributed by atoms with E-state index >= 15 is 0 Å². The fourth-order valence-corrected chi connectivity index (χ4v) is 2.82. The average molecular weight is 398 g/mol. The van der Waals surface area contributed by atoms with Crippen LogP contribution in [0.25, 0.3) is 0 Å². The molecule has 0 aliphatic heterocycles. The van der Waals surface area contributed by atoms with Gasteiger partial charge in [0.1, 0.15) is 0 Å². The zero-order valence-corrected chi connectivity index (χ0v) is 16.2. The lowest BCUT2D eigenvalue weighted by atomic mass is 10.0. The van der Waals surface area contributed by atoms with Gasteiger partial charge in [-0.15, -0.1) is 0 Å². The van der Waals surface area contributed by atoms with Gasteiger partial charge in [-0.3, -0.25) is 4.68 Å². The molecule has 1 heterocycles. The number of nitrogens with zero attached hydrogens (tertiary/aromatic N) is 3. The third-order valence-corrected chi connectivity index (χ3v) is 4.31. The first kappa shape index (κ1) is 21.7. The molecule has 0 saturated heterocycles. The molecule has 0 bridgehead atoms. The molecule has 0 saturated carbocycles.